The molecule has 1 aromatic heterocycles. The first-order chi connectivity index (χ1) is 11.1. The molecule has 0 saturated heterocycles. The third kappa shape index (κ3) is 3.23. The highest BCUT2D eigenvalue weighted by Gasteiger charge is 2.34. The van der Waals surface area contributed by atoms with Crippen LogP contribution in [0.2, 0.25) is 0 Å². The standard InChI is InChI=1S/C19H25NO2S/c1-11-5-10-15-16(11)17(14(21)4-2-3-12-6-7-12)19(23-15)20-18(22)13-8-9-13/h11-13H,2-10H2,1H3,(H,20,22)/t11-/m1/s1. The van der Waals surface area contributed by atoms with Crippen LogP contribution in [0.4, 0.5) is 5.00 Å². The maximum absolute atomic E-state index is 12.9. The highest BCUT2D eigenvalue weighted by molar-refractivity contribution is 7.17. The molecule has 0 radical (unpaired) electrons. The van der Waals surface area contributed by atoms with Crippen LogP contribution in [0.5, 0.6) is 0 Å². The normalized spacial score (nSPS) is 22.9. The number of Topliss-reactive ketones (excluding diaryl/α,β-unsaturated/α-hetero) is 1. The van der Waals surface area contributed by atoms with Crippen LogP contribution < -0.4 is 5.32 Å². The molecule has 0 spiro atoms. The monoisotopic (exact) mass is 331 g/mol. The SMILES string of the molecule is C[C@@H]1CCc2sc(NC(=O)C3CC3)c(C(=O)CCCC3CC3)c21. The van der Waals surface area contributed by atoms with Gasteiger partial charge < -0.3 is 5.32 Å². The summed E-state index contributed by atoms with van der Waals surface area (Å²) in [6, 6.07) is 0. The number of nitrogens with one attached hydrogen (secondary N) is 1. The van der Waals surface area contributed by atoms with Gasteiger partial charge in [-0.25, -0.2) is 0 Å². The summed E-state index contributed by atoms with van der Waals surface area (Å²) >= 11 is 1.65. The minimum atomic E-state index is 0.115. The molecule has 4 rings (SSSR count). The Labute approximate surface area is 141 Å². The van der Waals surface area contributed by atoms with Crippen molar-refractivity contribution in [3.8, 4) is 0 Å². The second-order valence-corrected chi connectivity index (χ2v) is 8.71. The molecule has 1 N–H and O–H groups in total. The minimum absolute atomic E-state index is 0.115. The van der Waals surface area contributed by atoms with Gasteiger partial charge in [0.05, 0.1) is 5.56 Å². The Kier molecular flexibility index (Phi) is 4.04. The lowest BCUT2D eigenvalue weighted by Gasteiger charge is -2.10. The second kappa shape index (κ2) is 6.04. The first-order valence-corrected chi connectivity index (χ1v) is 9.94. The van der Waals surface area contributed by atoms with Crippen molar-refractivity contribution in [2.45, 2.75) is 70.6 Å². The van der Waals surface area contributed by atoms with E-state index in [1.54, 1.807) is 11.3 Å². The Morgan fingerprint density at radius 1 is 1.17 bits per heavy atom. The van der Waals surface area contributed by atoms with E-state index in [0.29, 0.717) is 12.3 Å². The molecule has 0 aliphatic heterocycles. The summed E-state index contributed by atoms with van der Waals surface area (Å²) in [4.78, 5) is 26.3. The second-order valence-electron chi connectivity index (χ2n) is 7.61. The molecular weight excluding hydrogens is 306 g/mol. The van der Waals surface area contributed by atoms with E-state index in [-0.39, 0.29) is 17.6 Å². The van der Waals surface area contributed by atoms with E-state index in [2.05, 4.69) is 12.2 Å². The Bertz CT molecular complexity index is 640. The fraction of sp³-hybridized carbons (Fsp3) is 0.684. The van der Waals surface area contributed by atoms with Gasteiger partial charge in [-0.3, -0.25) is 9.59 Å². The molecule has 2 fully saturated rings. The van der Waals surface area contributed by atoms with Crippen molar-refractivity contribution in [1.29, 1.82) is 0 Å². The van der Waals surface area contributed by atoms with Crippen molar-refractivity contribution in [3.63, 3.8) is 0 Å². The Morgan fingerprint density at radius 2 is 1.96 bits per heavy atom. The van der Waals surface area contributed by atoms with E-state index in [0.717, 1.165) is 48.6 Å². The summed E-state index contributed by atoms with van der Waals surface area (Å²) in [6.07, 6.45) is 9.72. The van der Waals surface area contributed by atoms with Crippen LogP contribution in [0, 0.1) is 11.8 Å². The van der Waals surface area contributed by atoms with Crippen LogP contribution >= 0.6 is 11.3 Å². The van der Waals surface area contributed by atoms with E-state index >= 15 is 0 Å². The maximum atomic E-state index is 12.9. The van der Waals surface area contributed by atoms with E-state index in [4.69, 9.17) is 0 Å². The molecule has 1 heterocycles. The molecule has 0 aromatic carbocycles. The Hall–Kier alpha value is -1.16. The molecule has 1 atom stereocenters. The summed E-state index contributed by atoms with van der Waals surface area (Å²) < 4.78 is 0. The van der Waals surface area contributed by atoms with Crippen LogP contribution in [0.25, 0.3) is 0 Å². The number of fused-ring (bicyclic) bond motifs is 1. The lowest BCUT2D eigenvalue weighted by atomic mass is 9.96. The lowest BCUT2D eigenvalue weighted by Crippen LogP contribution is -2.15. The van der Waals surface area contributed by atoms with Gasteiger partial charge in [-0.1, -0.05) is 26.2 Å². The summed E-state index contributed by atoms with van der Waals surface area (Å²) in [5.41, 5.74) is 2.11. The third-order valence-electron chi connectivity index (χ3n) is 5.50. The number of carbonyl (C=O) groups is 2. The molecule has 3 aliphatic rings. The van der Waals surface area contributed by atoms with Crippen LogP contribution in [0.1, 0.15) is 85.0 Å². The average molecular weight is 331 g/mol. The molecule has 0 unspecified atom stereocenters. The quantitative estimate of drug-likeness (QED) is 0.722. The largest absolute Gasteiger partial charge is 0.317 e. The van der Waals surface area contributed by atoms with Gasteiger partial charge in [-0.05, 0) is 49.5 Å². The molecule has 3 nitrogen and oxygen atoms in total. The predicted octanol–water partition coefficient (Wildman–Crippen LogP) is 4.91. The number of hydrogen-bond acceptors (Lipinski definition) is 3. The molecule has 3 aliphatic carbocycles. The van der Waals surface area contributed by atoms with Gasteiger partial charge in [-0.2, -0.15) is 0 Å². The van der Waals surface area contributed by atoms with Gasteiger partial charge in [0.15, 0.2) is 5.78 Å². The molecule has 1 amide bonds. The predicted molar refractivity (Wildman–Crippen MR) is 93.3 cm³/mol. The number of aryl methyl sites for hydroxylation is 1. The fourth-order valence-electron chi connectivity index (χ4n) is 3.70. The molecule has 4 heteroatoms. The first kappa shape index (κ1) is 15.4. The summed E-state index contributed by atoms with van der Waals surface area (Å²) in [7, 11) is 0. The fourth-order valence-corrected chi connectivity index (χ4v) is 5.05. The topological polar surface area (TPSA) is 46.2 Å². The zero-order valence-electron chi connectivity index (χ0n) is 13.8. The number of carbonyl (C=O) groups excluding carboxylic acids is 2. The first-order valence-electron chi connectivity index (χ1n) is 9.13. The van der Waals surface area contributed by atoms with Crippen molar-refractivity contribution in [2.24, 2.45) is 11.8 Å². The number of anilines is 1. The molecule has 2 saturated carbocycles. The third-order valence-corrected chi connectivity index (χ3v) is 6.68. The minimum Gasteiger partial charge on any atom is -0.317 e. The summed E-state index contributed by atoms with van der Waals surface area (Å²) in [5, 5.41) is 3.92. The van der Waals surface area contributed by atoms with Gasteiger partial charge in [0.1, 0.15) is 5.00 Å². The molecule has 124 valence electrons. The average Bonchev–Trinajstić information content (AvgIpc) is 3.42. The van der Waals surface area contributed by atoms with Crippen LogP contribution in [-0.4, -0.2) is 11.7 Å². The highest BCUT2D eigenvalue weighted by Crippen LogP contribution is 2.46. The number of hydrogen-bond donors (Lipinski definition) is 1. The van der Waals surface area contributed by atoms with Gasteiger partial charge in [0.25, 0.3) is 0 Å². The van der Waals surface area contributed by atoms with E-state index in [1.807, 2.05) is 0 Å². The highest BCUT2D eigenvalue weighted by atomic mass is 32.1. The molecular formula is C19H25NO2S. The van der Waals surface area contributed by atoms with E-state index < -0.39 is 0 Å². The smallest absolute Gasteiger partial charge is 0.228 e. The Morgan fingerprint density at radius 3 is 2.65 bits per heavy atom. The Balaban J connectivity index is 1.53. The van der Waals surface area contributed by atoms with Crippen molar-refractivity contribution in [2.75, 3.05) is 5.32 Å². The molecule has 1 aromatic rings. The number of amides is 1. The summed E-state index contributed by atoms with van der Waals surface area (Å²) in [5.74, 6) is 1.88. The zero-order chi connectivity index (χ0) is 16.0. The van der Waals surface area contributed by atoms with Crippen molar-refractivity contribution < 1.29 is 9.59 Å². The van der Waals surface area contributed by atoms with E-state index in [1.165, 1.54) is 29.7 Å². The van der Waals surface area contributed by atoms with Crippen LogP contribution in [0.3, 0.4) is 0 Å². The van der Waals surface area contributed by atoms with Crippen molar-refractivity contribution in [3.05, 3.63) is 16.0 Å². The van der Waals surface area contributed by atoms with Crippen LogP contribution in [0.15, 0.2) is 0 Å². The van der Waals surface area contributed by atoms with Gasteiger partial charge in [0.2, 0.25) is 5.91 Å². The molecule has 23 heavy (non-hydrogen) atoms. The van der Waals surface area contributed by atoms with Gasteiger partial charge in [0, 0.05) is 17.2 Å². The number of rotatable bonds is 7. The van der Waals surface area contributed by atoms with Crippen molar-refractivity contribution in [1.82, 2.24) is 0 Å². The lowest BCUT2D eigenvalue weighted by molar-refractivity contribution is -0.117. The molecule has 0 bridgehead atoms. The van der Waals surface area contributed by atoms with Gasteiger partial charge in [-0.15, -0.1) is 11.3 Å². The number of thiophene rings is 1. The maximum Gasteiger partial charge on any atom is 0.228 e. The zero-order valence-corrected chi connectivity index (χ0v) is 14.6. The van der Waals surface area contributed by atoms with E-state index in [9.17, 15) is 9.59 Å². The number of ketones is 1. The van der Waals surface area contributed by atoms with Crippen LogP contribution in [-0.2, 0) is 11.2 Å². The van der Waals surface area contributed by atoms with Gasteiger partial charge >= 0.3 is 0 Å². The summed E-state index contributed by atoms with van der Waals surface area (Å²) in [6.45, 7) is 2.21. The van der Waals surface area contributed by atoms with Crippen molar-refractivity contribution >= 4 is 28.0 Å².